The van der Waals surface area contributed by atoms with Crippen LogP contribution >= 0.6 is 34.8 Å². The normalized spacial score (nSPS) is 37.3. The predicted octanol–water partition coefficient (Wildman–Crippen LogP) is 3.20. The van der Waals surface area contributed by atoms with Crippen molar-refractivity contribution in [2.45, 2.75) is 30.0 Å². The van der Waals surface area contributed by atoms with Gasteiger partial charge >= 0.3 is 0 Å². The highest BCUT2D eigenvalue weighted by atomic mass is 35.5. The lowest BCUT2D eigenvalue weighted by atomic mass is 10.1. The molecule has 3 heteroatoms. The van der Waals surface area contributed by atoms with Crippen molar-refractivity contribution in [1.82, 2.24) is 0 Å². The minimum atomic E-state index is -0.912. The van der Waals surface area contributed by atoms with Gasteiger partial charge in [0.05, 0.1) is 0 Å². The fraction of sp³-hybridized carbons (Fsp3) is 0.750. The van der Waals surface area contributed by atoms with Crippen molar-refractivity contribution in [3.05, 3.63) is 0 Å². The monoisotopic (exact) mass is 210 g/mol. The Morgan fingerprint density at radius 2 is 1.45 bits per heavy atom. The molecule has 1 unspecified atom stereocenters. The number of rotatable bonds is 0. The van der Waals surface area contributed by atoms with E-state index in [9.17, 15) is 0 Å². The van der Waals surface area contributed by atoms with E-state index in [-0.39, 0.29) is 5.41 Å². The Hall–Kier alpha value is 0.430. The molecular formula is C8H9Cl3. The van der Waals surface area contributed by atoms with Gasteiger partial charge in [0.15, 0.2) is 4.33 Å². The van der Waals surface area contributed by atoms with Crippen LogP contribution in [-0.4, -0.2) is 9.21 Å². The maximum atomic E-state index is 6.09. The summed E-state index contributed by atoms with van der Waals surface area (Å²) in [6.07, 6.45) is 0. The zero-order chi connectivity index (χ0) is 8.91. The Kier molecular flexibility index (Phi) is 1.92. The molecule has 0 N–H and O–H groups in total. The van der Waals surface area contributed by atoms with Crippen molar-refractivity contribution in [3.8, 4) is 11.8 Å². The van der Waals surface area contributed by atoms with Crippen LogP contribution in [0.25, 0.3) is 0 Å². The van der Waals surface area contributed by atoms with E-state index in [1.807, 2.05) is 13.8 Å². The fourth-order valence-electron chi connectivity index (χ4n) is 1.13. The van der Waals surface area contributed by atoms with Gasteiger partial charge in [0, 0.05) is 5.41 Å². The van der Waals surface area contributed by atoms with E-state index >= 15 is 0 Å². The summed E-state index contributed by atoms with van der Waals surface area (Å²) in [6, 6.07) is 0. The first kappa shape index (κ1) is 9.52. The van der Waals surface area contributed by atoms with E-state index in [2.05, 4.69) is 11.8 Å². The number of halogens is 3. The molecule has 0 aromatic carbocycles. The highest BCUT2D eigenvalue weighted by Gasteiger charge is 2.81. The molecule has 1 aliphatic rings. The van der Waals surface area contributed by atoms with Gasteiger partial charge in [-0.3, -0.25) is 0 Å². The summed E-state index contributed by atoms with van der Waals surface area (Å²) in [5, 5.41) is 0. The molecule has 0 amide bonds. The molecule has 1 aliphatic carbocycles. The molecule has 0 aromatic rings. The van der Waals surface area contributed by atoms with Gasteiger partial charge in [0.2, 0.25) is 0 Å². The van der Waals surface area contributed by atoms with Crippen molar-refractivity contribution in [2.75, 3.05) is 0 Å². The van der Waals surface area contributed by atoms with Crippen LogP contribution in [0.1, 0.15) is 20.8 Å². The molecule has 0 aliphatic heterocycles. The van der Waals surface area contributed by atoms with Crippen LogP contribution in [0, 0.1) is 17.3 Å². The van der Waals surface area contributed by atoms with Crippen LogP contribution in [-0.2, 0) is 0 Å². The van der Waals surface area contributed by atoms with Gasteiger partial charge in [-0.25, -0.2) is 0 Å². The molecule has 0 nitrogen and oxygen atoms in total. The summed E-state index contributed by atoms with van der Waals surface area (Å²) >= 11 is 18.0. The minimum absolute atomic E-state index is 0.326. The summed E-state index contributed by atoms with van der Waals surface area (Å²) in [5.74, 6) is 5.56. The minimum Gasteiger partial charge on any atom is -0.105 e. The third-order valence-electron chi connectivity index (χ3n) is 2.31. The fourth-order valence-corrected chi connectivity index (χ4v) is 2.40. The zero-order valence-corrected chi connectivity index (χ0v) is 8.90. The smallest absolute Gasteiger partial charge is 0.105 e. The molecule has 0 bridgehead atoms. The highest BCUT2D eigenvalue weighted by molar-refractivity contribution is 6.60. The largest absolute Gasteiger partial charge is 0.156 e. The Morgan fingerprint density at radius 3 is 1.55 bits per heavy atom. The van der Waals surface area contributed by atoms with Crippen molar-refractivity contribution < 1.29 is 0 Å². The third kappa shape index (κ3) is 0.856. The van der Waals surface area contributed by atoms with Crippen molar-refractivity contribution in [1.29, 1.82) is 0 Å². The molecule has 0 radical (unpaired) electrons. The van der Waals surface area contributed by atoms with E-state index in [0.717, 1.165) is 0 Å². The number of alkyl halides is 3. The quantitative estimate of drug-likeness (QED) is 0.426. The molecule has 62 valence electrons. The average molecular weight is 212 g/mol. The van der Waals surface area contributed by atoms with E-state index in [1.54, 1.807) is 6.92 Å². The van der Waals surface area contributed by atoms with Crippen LogP contribution in [0.5, 0.6) is 0 Å². The standard InChI is InChI=1S/C8H9Cl3/c1-4-5-7(9)6(2,3)8(7,10)11/h1-3H3. The lowest BCUT2D eigenvalue weighted by Gasteiger charge is -1.99. The van der Waals surface area contributed by atoms with Crippen LogP contribution < -0.4 is 0 Å². The van der Waals surface area contributed by atoms with Gasteiger partial charge in [0.1, 0.15) is 4.87 Å². The SMILES string of the molecule is CC#CC1(Cl)C(C)(C)C1(Cl)Cl. The Labute approximate surface area is 82.2 Å². The molecule has 1 fully saturated rings. The molecule has 0 heterocycles. The third-order valence-corrected chi connectivity index (χ3v) is 4.87. The molecule has 0 spiro atoms. The number of hydrogen-bond donors (Lipinski definition) is 0. The first-order chi connectivity index (χ1) is 4.81. The van der Waals surface area contributed by atoms with Gasteiger partial charge in [0.25, 0.3) is 0 Å². The van der Waals surface area contributed by atoms with E-state index in [1.165, 1.54) is 0 Å². The van der Waals surface area contributed by atoms with Gasteiger partial charge < -0.3 is 0 Å². The Balaban J connectivity index is 3.03. The summed E-state index contributed by atoms with van der Waals surface area (Å²) in [7, 11) is 0. The van der Waals surface area contributed by atoms with Crippen LogP contribution in [0.4, 0.5) is 0 Å². The van der Waals surface area contributed by atoms with Crippen molar-refractivity contribution >= 4 is 34.8 Å². The van der Waals surface area contributed by atoms with E-state index in [4.69, 9.17) is 34.8 Å². The molecule has 0 saturated heterocycles. The lowest BCUT2D eigenvalue weighted by Crippen LogP contribution is -2.05. The first-order valence-corrected chi connectivity index (χ1v) is 4.45. The highest BCUT2D eigenvalue weighted by Crippen LogP contribution is 2.74. The molecular weight excluding hydrogens is 202 g/mol. The van der Waals surface area contributed by atoms with Crippen molar-refractivity contribution in [3.63, 3.8) is 0 Å². The van der Waals surface area contributed by atoms with Gasteiger partial charge in [-0.1, -0.05) is 43.0 Å². The molecule has 1 atom stereocenters. The predicted molar refractivity (Wildman–Crippen MR) is 50.3 cm³/mol. The summed E-state index contributed by atoms with van der Waals surface area (Å²) < 4.78 is -0.912. The molecule has 1 rings (SSSR count). The number of hydrogen-bond acceptors (Lipinski definition) is 0. The van der Waals surface area contributed by atoms with Crippen LogP contribution in [0.3, 0.4) is 0 Å². The van der Waals surface area contributed by atoms with E-state index < -0.39 is 9.21 Å². The Bertz CT molecular complexity index is 228. The van der Waals surface area contributed by atoms with Gasteiger partial charge in [-0.2, -0.15) is 0 Å². The summed E-state index contributed by atoms with van der Waals surface area (Å²) in [4.78, 5) is -0.766. The van der Waals surface area contributed by atoms with Crippen LogP contribution in [0.2, 0.25) is 0 Å². The zero-order valence-electron chi connectivity index (χ0n) is 6.63. The van der Waals surface area contributed by atoms with Gasteiger partial charge in [-0.15, -0.1) is 17.5 Å². The summed E-state index contributed by atoms with van der Waals surface area (Å²) in [6.45, 7) is 5.54. The summed E-state index contributed by atoms with van der Waals surface area (Å²) in [5.41, 5.74) is -0.326. The second kappa shape index (κ2) is 2.22. The second-order valence-electron chi connectivity index (χ2n) is 3.23. The van der Waals surface area contributed by atoms with Gasteiger partial charge in [-0.05, 0) is 6.92 Å². The first-order valence-electron chi connectivity index (χ1n) is 3.32. The second-order valence-corrected chi connectivity index (χ2v) is 5.13. The maximum Gasteiger partial charge on any atom is 0.156 e. The van der Waals surface area contributed by atoms with Crippen molar-refractivity contribution in [2.24, 2.45) is 5.41 Å². The van der Waals surface area contributed by atoms with E-state index in [0.29, 0.717) is 0 Å². The maximum absolute atomic E-state index is 6.09. The molecule has 11 heavy (non-hydrogen) atoms. The average Bonchev–Trinajstić information content (AvgIpc) is 2.12. The van der Waals surface area contributed by atoms with Crippen LogP contribution in [0.15, 0.2) is 0 Å². The molecule has 0 aromatic heterocycles. The lowest BCUT2D eigenvalue weighted by molar-refractivity contribution is 0.620. The molecule has 1 saturated carbocycles. The topological polar surface area (TPSA) is 0 Å². The Morgan fingerprint density at radius 1 is 1.09 bits per heavy atom.